The van der Waals surface area contributed by atoms with Crippen LogP contribution in [0.1, 0.15) is 16.2 Å². The summed E-state index contributed by atoms with van der Waals surface area (Å²) in [6, 6.07) is 13.5. The number of hydrogen-bond donors (Lipinski definition) is 0. The Morgan fingerprint density at radius 3 is 2.67 bits per heavy atom. The largest absolute Gasteiger partial charge is 0.711 e. The van der Waals surface area contributed by atoms with E-state index < -0.39 is 5.97 Å². The second-order valence-electron chi connectivity index (χ2n) is 6.23. The van der Waals surface area contributed by atoms with Gasteiger partial charge in [0.05, 0.1) is 38.0 Å². The van der Waals surface area contributed by atoms with Crippen LogP contribution in [0.2, 0.25) is 15.1 Å². The SMILES string of the molecule is O=C(OCc1nccc[n+]1[O-])c1cc(-c2ccc(Cl)c(Cl)c2Cl)nc2ccccc12. The molecule has 9 heteroatoms. The molecular formula is C21H12Cl3N3O3. The molecule has 2 heterocycles. The maximum absolute atomic E-state index is 12.9. The summed E-state index contributed by atoms with van der Waals surface area (Å²) in [7, 11) is 0. The summed E-state index contributed by atoms with van der Waals surface area (Å²) in [5.41, 5.74) is 1.79. The molecule has 0 saturated carbocycles. The number of carbonyl (C=O) groups excluding carboxylic acids is 1. The molecule has 0 spiro atoms. The van der Waals surface area contributed by atoms with Gasteiger partial charge < -0.3 is 9.94 Å². The second-order valence-corrected chi connectivity index (χ2v) is 7.40. The van der Waals surface area contributed by atoms with Crippen molar-refractivity contribution in [2.24, 2.45) is 0 Å². The Morgan fingerprint density at radius 1 is 1.07 bits per heavy atom. The number of ether oxygens (including phenoxy) is 1. The normalized spacial score (nSPS) is 10.9. The van der Waals surface area contributed by atoms with Gasteiger partial charge in [-0.25, -0.2) is 14.5 Å². The lowest BCUT2D eigenvalue weighted by molar-refractivity contribution is -0.620. The molecule has 0 atom stereocenters. The minimum absolute atomic E-state index is 0.0666. The molecule has 2 aromatic heterocycles. The predicted molar refractivity (Wildman–Crippen MR) is 115 cm³/mol. The van der Waals surface area contributed by atoms with Crippen LogP contribution in [0.5, 0.6) is 0 Å². The zero-order chi connectivity index (χ0) is 21.3. The van der Waals surface area contributed by atoms with E-state index in [0.717, 1.165) is 0 Å². The maximum atomic E-state index is 12.9. The number of halogens is 3. The van der Waals surface area contributed by atoms with Crippen LogP contribution in [0, 0.1) is 5.21 Å². The third kappa shape index (κ3) is 3.89. The number of carbonyl (C=O) groups is 1. The Labute approximate surface area is 186 Å². The molecule has 0 unspecified atom stereocenters. The molecule has 0 saturated heterocycles. The highest BCUT2D eigenvalue weighted by Gasteiger charge is 2.19. The van der Waals surface area contributed by atoms with Crippen molar-refractivity contribution >= 4 is 51.7 Å². The first kappa shape index (κ1) is 20.3. The number of benzene rings is 2. The number of fused-ring (bicyclic) bond motifs is 1. The predicted octanol–water partition coefficient (Wildman–Crippen LogP) is 5.25. The summed E-state index contributed by atoms with van der Waals surface area (Å²) < 4.78 is 5.88. The van der Waals surface area contributed by atoms with E-state index >= 15 is 0 Å². The zero-order valence-electron chi connectivity index (χ0n) is 15.2. The summed E-state index contributed by atoms with van der Waals surface area (Å²) in [4.78, 5) is 21.4. The topological polar surface area (TPSA) is 79.0 Å². The van der Waals surface area contributed by atoms with Crippen molar-refractivity contribution in [3.05, 3.63) is 92.6 Å². The van der Waals surface area contributed by atoms with E-state index in [2.05, 4.69) is 9.97 Å². The second kappa shape index (κ2) is 8.44. The van der Waals surface area contributed by atoms with Crippen LogP contribution < -0.4 is 4.73 Å². The minimum atomic E-state index is -0.628. The molecule has 0 bridgehead atoms. The number of esters is 1. The summed E-state index contributed by atoms with van der Waals surface area (Å²) in [6.45, 7) is -0.275. The van der Waals surface area contributed by atoms with Crippen molar-refractivity contribution in [2.75, 3.05) is 0 Å². The fraction of sp³-hybridized carbons (Fsp3) is 0.0476. The van der Waals surface area contributed by atoms with Crippen molar-refractivity contribution in [1.29, 1.82) is 0 Å². The summed E-state index contributed by atoms with van der Waals surface area (Å²) in [6.07, 6.45) is 2.73. The molecule has 4 aromatic rings. The molecule has 6 nitrogen and oxygen atoms in total. The monoisotopic (exact) mass is 459 g/mol. The molecule has 0 amide bonds. The fourth-order valence-electron chi connectivity index (χ4n) is 2.90. The molecule has 0 aliphatic rings. The van der Waals surface area contributed by atoms with Gasteiger partial charge in [-0.3, -0.25) is 0 Å². The van der Waals surface area contributed by atoms with E-state index in [9.17, 15) is 10.0 Å². The Morgan fingerprint density at radius 2 is 1.87 bits per heavy atom. The zero-order valence-corrected chi connectivity index (χ0v) is 17.4. The van der Waals surface area contributed by atoms with Crippen LogP contribution in [-0.4, -0.2) is 15.9 Å². The first-order valence-corrected chi connectivity index (χ1v) is 9.83. The van der Waals surface area contributed by atoms with Crippen molar-refractivity contribution in [2.45, 2.75) is 6.61 Å². The maximum Gasteiger partial charge on any atom is 0.339 e. The van der Waals surface area contributed by atoms with Crippen molar-refractivity contribution in [1.82, 2.24) is 9.97 Å². The van der Waals surface area contributed by atoms with Gasteiger partial charge in [0.25, 0.3) is 0 Å². The van der Waals surface area contributed by atoms with Crippen LogP contribution in [-0.2, 0) is 11.3 Å². The molecule has 150 valence electrons. The standard InChI is InChI=1S/C21H12Cl3N3O3/c22-15-7-6-13(19(23)20(15)24)17-10-14(12-4-1-2-5-16(12)26-17)21(28)30-11-18-25-8-3-9-27(18)29/h1-10H,11H2. The highest BCUT2D eigenvalue weighted by molar-refractivity contribution is 6.49. The van der Waals surface area contributed by atoms with E-state index in [0.29, 0.717) is 31.9 Å². The average molecular weight is 461 g/mol. The van der Waals surface area contributed by atoms with Crippen molar-refractivity contribution in [3.8, 4) is 11.3 Å². The van der Waals surface area contributed by atoms with Gasteiger partial charge in [-0.05, 0) is 29.2 Å². The summed E-state index contributed by atoms with van der Waals surface area (Å²) in [5, 5.41) is 13.1. The quantitative estimate of drug-likeness (QED) is 0.180. The van der Waals surface area contributed by atoms with Crippen LogP contribution in [0.25, 0.3) is 22.2 Å². The Hall–Kier alpha value is -2.93. The summed E-state index contributed by atoms with van der Waals surface area (Å²) in [5.74, 6) is -0.561. The van der Waals surface area contributed by atoms with Gasteiger partial charge in [0, 0.05) is 17.0 Å². The highest BCUT2D eigenvalue weighted by atomic mass is 35.5. The lowest BCUT2D eigenvalue weighted by Crippen LogP contribution is -2.33. The van der Waals surface area contributed by atoms with E-state index in [1.165, 1.54) is 18.5 Å². The summed E-state index contributed by atoms with van der Waals surface area (Å²) >= 11 is 18.5. The third-order valence-electron chi connectivity index (χ3n) is 4.37. The number of rotatable bonds is 4. The molecule has 2 aromatic carbocycles. The van der Waals surface area contributed by atoms with Gasteiger partial charge in [0.2, 0.25) is 0 Å². The van der Waals surface area contributed by atoms with Crippen LogP contribution in [0.15, 0.2) is 60.9 Å². The van der Waals surface area contributed by atoms with Crippen LogP contribution in [0.3, 0.4) is 0 Å². The van der Waals surface area contributed by atoms with E-state index in [4.69, 9.17) is 39.5 Å². The van der Waals surface area contributed by atoms with E-state index in [-0.39, 0.29) is 28.0 Å². The Bertz CT molecular complexity index is 1280. The fourth-order valence-corrected chi connectivity index (χ4v) is 3.54. The molecule has 30 heavy (non-hydrogen) atoms. The lowest BCUT2D eigenvalue weighted by atomic mass is 10.0. The number of para-hydroxylation sites is 1. The highest BCUT2D eigenvalue weighted by Crippen LogP contribution is 2.38. The molecule has 0 aliphatic heterocycles. The molecule has 4 rings (SSSR count). The Balaban J connectivity index is 1.77. The van der Waals surface area contributed by atoms with Gasteiger partial charge in [0.15, 0.2) is 6.61 Å². The molecular weight excluding hydrogens is 449 g/mol. The van der Waals surface area contributed by atoms with Gasteiger partial charge >= 0.3 is 11.8 Å². The molecule has 0 fully saturated rings. The van der Waals surface area contributed by atoms with E-state index in [1.54, 1.807) is 42.5 Å². The van der Waals surface area contributed by atoms with Gasteiger partial charge in [-0.2, -0.15) is 0 Å². The smallest absolute Gasteiger partial charge is 0.339 e. The number of hydrogen-bond acceptors (Lipinski definition) is 5. The van der Waals surface area contributed by atoms with Crippen LogP contribution >= 0.6 is 34.8 Å². The molecule has 0 N–H and O–H groups in total. The van der Waals surface area contributed by atoms with Crippen molar-refractivity contribution in [3.63, 3.8) is 0 Å². The van der Waals surface area contributed by atoms with Gasteiger partial charge in [-0.1, -0.05) is 53.0 Å². The third-order valence-corrected chi connectivity index (χ3v) is 5.66. The van der Waals surface area contributed by atoms with Crippen molar-refractivity contribution < 1.29 is 14.3 Å². The number of aromatic nitrogens is 3. The average Bonchev–Trinajstić information content (AvgIpc) is 2.76. The minimum Gasteiger partial charge on any atom is -0.711 e. The van der Waals surface area contributed by atoms with Gasteiger partial charge in [0.1, 0.15) is 6.20 Å². The number of nitrogens with zero attached hydrogens (tertiary/aromatic N) is 3. The molecule has 0 aliphatic carbocycles. The Kier molecular flexibility index (Phi) is 5.72. The first-order valence-electron chi connectivity index (χ1n) is 8.69. The lowest BCUT2D eigenvalue weighted by Gasteiger charge is -2.12. The molecule has 0 radical (unpaired) electrons. The van der Waals surface area contributed by atoms with Crippen LogP contribution in [0.4, 0.5) is 0 Å². The number of pyridine rings is 1. The first-order chi connectivity index (χ1) is 14.5. The van der Waals surface area contributed by atoms with Gasteiger partial charge in [-0.15, -0.1) is 0 Å². The van der Waals surface area contributed by atoms with E-state index in [1.807, 2.05) is 0 Å².